The summed E-state index contributed by atoms with van der Waals surface area (Å²) in [6, 6.07) is 7.08. The molecule has 0 saturated heterocycles. The van der Waals surface area contributed by atoms with E-state index in [1.165, 1.54) is 7.11 Å². The zero-order chi connectivity index (χ0) is 13.7. The fraction of sp³-hybridized carbons (Fsp3) is 0.385. The molecule has 0 aliphatic rings. The molecule has 1 aromatic carbocycles. The van der Waals surface area contributed by atoms with Crippen LogP contribution >= 0.6 is 15.9 Å². The van der Waals surface area contributed by atoms with Crippen molar-refractivity contribution in [1.29, 1.82) is 5.26 Å². The Morgan fingerprint density at radius 3 is 2.61 bits per heavy atom. The first kappa shape index (κ1) is 14.5. The van der Waals surface area contributed by atoms with E-state index in [4.69, 9.17) is 10.00 Å². The van der Waals surface area contributed by atoms with Crippen LogP contribution in [0.1, 0.15) is 19.4 Å². The van der Waals surface area contributed by atoms with Gasteiger partial charge < -0.3 is 9.47 Å². The van der Waals surface area contributed by atoms with Crippen molar-refractivity contribution in [3.63, 3.8) is 0 Å². The Balaban J connectivity index is 3.01. The summed E-state index contributed by atoms with van der Waals surface area (Å²) in [6.45, 7) is 3.71. The van der Waals surface area contributed by atoms with E-state index in [0.29, 0.717) is 11.3 Å². The van der Waals surface area contributed by atoms with Crippen LogP contribution in [0.25, 0.3) is 0 Å². The molecule has 0 aliphatic carbocycles. The van der Waals surface area contributed by atoms with E-state index >= 15 is 0 Å². The Hall–Kier alpha value is -1.54. The van der Waals surface area contributed by atoms with E-state index in [0.717, 1.165) is 4.47 Å². The summed E-state index contributed by atoms with van der Waals surface area (Å²) < 4.78 is 11.1. The quantitative estimate of drug-likeness (QED) is 0.802. The molecule has 0 heterocycles. The van der Waals surface area contributed by atoms with Crippen molar-refractivity contribution >= 4 is 21.9 Å². The number of benzene rings is 1. The molecule has 0 aliphatic heterocycles. The Labute approximate surface area is 115 Å². The van der Waals surface area contributed by atoms with Crippen LogP contribution in [0.15, 0.2) is 22.7 Å². The summed E-state index contributed by atoms with van der Waals surface area (Å²) in [5, 5.41) is 9.02. The van der Waals surface area contributed by atoms with Gasteiger partial charge in [0.15, 0.2) is 6.10 Å². The van der Waals surface area contributed by atoms with Gasteiger partial charge in [0.25, 0.3) is 0 Å². The van der Waals surface area contributed by atoms with Crippen LogP contribution in [-0.4, -0.2) is 19.2 Å². The van der Waals surface area contributed by atoms with Crippen molar-refractivity contribution < 1.29 is 14.3 Å². The summed E-state index contributed by atoms with van der Waals surface area (Å²) in [7, 11) is 1.31. The third-order valence-corrected chi connectivity index (χ3v) is 2.85. The molecule has 1 aromatic rings. The van der Waals surface area contributed by atoms with Crippen molar-refractivity contribution in [2.75, 3.05) is 7.11 Å². The molecule has 5 heteroatoms. The van der Waals surface area contributed by atoms with Crippen LogP contribution in [-0.2, 0) is 9.53 Å². The average Bonchev–Trinajstić information content (AvgIpc) is 2.35. The third kappa shape index (κ3) is 3.47. The number of nitrogens with zero attached hydrogens (tertiary/aromatic N) is 1. The van der Waals surface area contributed by atoms with Gasteiger partial charge in [-0.05, 0) is 18.2 Å². The molecule has 0 N–H and O–H groups in total. The third-order valence-electron chi connectivity index (χ3n) is 2.35. The fourth-order valence-electron chi connectivity index (χ4n) is 1.40. The van der Waals surface area contributed by atoms with Crippen molar-refractivity contribution in [3.8, 4) is 11.8 Å². The SMILES string of the molecule is COC(=O)C(Oc1ccc(Br)cc1C#N)C(C)C. The number of hydrogen-bond acceptors (Lipinski definition) is 4. The topological polar surface area (TPSA) is 59.3 Å². The molecule has 4 nitrogen and oxygen atoms in total. The average molecular weight is 312 g/mol. The molecule has 0 saturated carbocycles. The Morgan fingerprint density at radius 2 is 2.11 bits per heavy atom. The van der Waals surface area contributed by atoms with Crippen molar-refractivity contribution in [2.45, 2.75) is 20.0 Å². The van der Waals surface area contributed by atoms with Crippen LogP contribution in [0, 0.1) is 17.2 Å². The van der Waals surface area contributed by atoms with Gasteiger partial charge in [0.1, 0.15) is 11.8 Å². The van der Waals surface area contributed by atoms with Crippen LogP contribution in [0.4, 0.5) is 0 Å². The highest BCUT2D eigenvalue weighted by molar-refractivity contribution is 9.10. The highest BCUT2D eigenvalue weighted by Crippen LogP contribution is 2.25. The molecule has 0 radical (unpaired) electrons. The van der Waals surface area contributed by atoms with Gasteiger partial charge in [-0.25, -0.2) is 4.79 Å². The zero-order valence-corrected chi connectivity index (χ0v) is 12.0. The van der Waals surface area contributed by atoms with Crippen LogP contribution in [0.5, 0.6) is 5.75 Å². The van der Waals surface area contributed by atoms with E-state index in [9.17, 15) is 4.79 Å². The molecule has 1 unspecified atom stereocenters. The Morgan fingerprint density at radius 1 is 1.44 bits per heavy atom. The van der Waals surface area contributed by atoms with Gasteiger partial charge in [-0.1, -0.05) is 29.8 Å². The molecule has 1 atom stereocenters. The molecule has 18 heavy (non-hydrogen) atoms. The zero-order valence-electron chi connectivity index (χ0n) is 10.4. The van der Waals surface area contributed by atoms with Gasteiger partial charge >= 0.3 is 5.97 Å². The molecule has 0 aromatic heterocycles. The first-order valence-corrected chi connectivity index (χ1v) is 6.23. The largest absolute Gasteiger partial charge is 0.477 e. The minimum atomic E-state index is -0.719. The number of rotatable bonds is 4. The number of methoxy groups -OCH3 is 1. The van der Waals surface area contributed by atoms with Crippen LogP contribution in [0.3, 0.4) is 0 Å². The number of esters is 1. The summed E-state index contributed by atoms with van der Waals surface area (Å²) in [4.78, 5) is 11.6. The number of carbonyl (C=O) groups excluding carboxylic acids is 1. The molecule has 0 bridgehead atoms. The number of ether oxygens (including phenoxy) is 2. The van der Waals surface area contributed by atoms with Gasteiger partial charge in [-0.3, -0.25) is 0 Å². The predicted molar refractivity (Wildman–Crippen MR) is 70.1 cm³/mol. The lowest BCUT2D eigenvalue weighted by atomic mass is 10.1. The molecule has 96 valence electrons. The van der Waals surface area contributed by atoms with Crippen molar-refractivity contribution in [1.82, 2.24) is 0 Å². The monoisotopic (exact) mass is 311 g/mol. The predicted octanol–water partition coefficient (Wildman–Crippen LogP) is 2.90. The number of hydrogen-bond donors (Lipinski definition) is 0. The summed E-state index contributed by atoms with van der Waals surface area (Å²) in [5.41, 5.74) is 0.374. The molecular weight excluding hydrogens is 298 g/mol. The molecule has 0 spiro atoms. The Kier molecular flexibility index (Phi) is 5.17. The first-order valence-electron chi connectivity index (χ1n) is 5.43. The molecule has 1 rings (SSSR count). The highest BCUT2D eigenvalue weighted by Gasteiger charge is 2.26. The van der Waals surface area contributed by atoms with Gasteiger partial charge in [-0.15, -0.1) is 0 Å². The van der Waals surface area contributed by atoms with Crippen LogP contribution < -0.4 is 4.74 Å². The lowest BCUT2D eigenvalue weighted by Crippen LogP contribution is -2.33. The summed E-state index contributed by atoms with van der Waals surface area (Å²) in [5.74, 6) is -0.116. The normalized spacial score (nSPS) is 11.8. The van der Waals surface area contributed by atoms with E-state index in [2.05, 4.69) is 20.7 Å². The summed E-state index contributed by atoms with van der Waals surface area (Å²) >= 11 is 3.28. The van der Waals surface area contributed by atoms with Crippen molar-refractivity contribution in [2.24, 2.45) is 5.92 Å². The Bertz CT molecular complexity index is 480. The number of nitriles is 1. The van der Waals surface area contributed by atoms with Crippen molar-refractivity contribution in [3.05, 3.63) is 28.2 Å². The standard InChI is InChI=1S/C13H14BrNO3/c1-8(2)12(13(16)17-3)18-11-5-4-10(14)6-9(11)7-15/h4-6,8,12H,1-3H3. The first-order chi connectivity index (χ1) is 8.49. The molecule has 0 fully saturated rings. The second kappa shape index (κ2) is 6.41. The minimum absolute atomic E-state index is 0.0485. The van der Waals surface area contributed by atoms with Gasteiger partial charge in [-0.2, -0.15) is 5.26 Å². The maximum atomic E-state index is 11.6. The summed E-state index contributed by atoms with van der Waals surface area (Å²) in [6.07, 6.45) is -0.719. The number of carbonyl (C=O) groups is 1. The second-order valence-corrected chi connectivity index (χ2v) is 4.97. The second-order valence-electron chi connectivity index (χ2n) is 4.06. The maximum absolute atomic E-state index is 11.6. The van der Waals surface area contributed by atoms with E-state index in [1.54, 1.807) is 18.2 Å². The van der Waals surface area contributed by atoms with Crippen LogP contribution in [0.2, 0.25) is 0 Å². The van der Waals surface area contributed by atoms with E-state index in [1.807, 2.05) is 19.9 Å². The van der Waals surface area contributed by atoms with Gasteiger partial charge in [0.05, 0.1) is 12.7 Å². The van der Waals surface area contributed by atoms with E-state index in [-0.39, 0.29) is 5.92 Å². The maximum Gasteiger partial charge on any atom is 0.347 e. The molecular formula is C13H14BrNO3. The van der Waals surface area contributed by atoms with Gasteiger partial charge in [0.2, 0.25) is 0 Å². The lowest BCUT2D eigenvalue weighted by molar-refractivity contribution is -0.150. The smallest absolute Gasteiger partial charge is 0.347 e. The van der Waals surface area contributed by atoms with E-state index < -0.39 is 12.1 Å². The van der Waals surface area contributed by atoms with Gasteiger partial charge in [0, 0.05) is 10.4 Å². The number of halogens is 1. The lowest BCUT2D eigenvalue weighted by Gasteiger charge is -2.20. The highest BCUT2D eigenvalue weighted by atomic mass is 79.9. The minimum Gasteiger partial charge on any atom is -0.477 e. The molecule has 0 amide bonds. The fourth-order valence-corrected chi connectivity index (χ4v) is 1.76.